The zero-order chi connectivity index (χ0) is 12.5. The number of halogens is 2. The minimum absolute atomic E-state index is 0.294. The molecule has 0 fully saturated rings. The Morgan fingerprint density at radius 1 is 1.12 bits per heavy atom. The van der Waals surface area contributed by atoms with Crippen molar-refractivity contribution in [3.05, 3.63) is 43.8 Å². The van der Waals surface area contributed by atoms with E-state index < -0.39 is 10.0 Å². The minimum atomic E-state index is -3.47. The topological polar surface area (TPSA) is 46.2 Å². The Labute approximate surface area is 126 Å². The van der Waals surface area contributed by atoms with Gasteiger partial charge in [0.2, 0.25) is 0 Å². The van der Waals surface area contributed by atoms with Crippen LogP contribution in [0.15, 0.2) is 44.4 Å². The second-order valence-electron chi connectivity index (χ2n) is 3.17. The van der Waals surface area contributed by atoms with Crippen LogP contribution in [-0.4, -0.2) is 8.42 Å². The molecule has 1 aromatic heterocycles. The van der Waals surface area contributed by atoms with Crippen molar-refractivity contribution >= 4 is 65.6 Å². The van der Waals surface area contributed by atoms with Gasteiger partial charge in [-0.1, -0.05) is 0 Å². The molecule has 7 heteroatoms. The summed E-state index contributed by atoms with van der Waals surface area (Å²) in [5, 5.41) is 0. The van der Waals surface area contributed by atoms with E-state index in [1.807, 2.05) is 12.1 Å². The Morgan fingerprint density at radius 3 is 2.29 bits per heavy atom. The van der Waals surface area contributed by atoms with Crippen LogP contribution in [0.1, 0.15) is 0 Å². The zero-order valence-electron chi connectivity index (χ0n) is 8.35. The van der Waals surface area contributed by atoms with E-state index in [0.717, 1.165) is 7.36 Å². The molecule has 1 aromatic carbocycles. The fourth-order valence-electron chi connectivity index (χ4n) is 1.17. The maximum atomic E-state index is 12.0. The Morgan fingerprint density at radius 2 is 1.76 bits per heavy atom. The highest BCUT2D eigenvalue weighted by Gasteiger charge is 2.16. The molecule has 90 valence electrons. The molecular formula is C10H7BrINO2S2. The summed E-state index contributed by atoms with van der Waals surface area (Å²) in [7, 11) is -3.47. The molecule has 0 spiro atoms. The number of hydrogen-bond donors (Lipinski definition) is 1. The average Bonchev–Trinajstić information content (AvgIpc) is 2.69. The normalized spacial score (nSPS) is 11.4. The van der Waals surface area contributed by atoms with Crippen molar-refractivity contribution in [2.24, 2.45) is 0 Å². The van der Waals surface area contributed by atoms with Gasteiger partial charge in [0.05, 0.1) is 3.79 Å². The largest absolute Gasteiger partial charge is 0.279 e. The van der Waals surface area contributed by atoms with Gasteiger partial charge in [0.1, 0.15) is 4.21 Å². The number of thiophene rings is 1. The summed E-state index contributed by atoms with van der Waals surface area (Å²) in [5.74, 6) is 0. The Hall–Kier alpha value is -0.120. The molecule has 0 saturated carbocycles. The van der Waals surface area contributed by atoms with Crippen molar-refractivity contribution in [2.45, 2.75) is 4.21 Å². The van der Waals surface area contributed by atoms with E-state index in [1.54, 1.807) is 24.3 Å². The van der Waals surface area contributed by atoms with Crippen LogP contribution in [0.25, 0.3) is 0 Å². The van der Waals surface area contributed by atoms with Crippen LogP contribution in [0.3, 0.4) is 0 Å². The second-order valence-corrected chi connectivity index (χ2v) is 8.79. The highest BCUT2D eigenvalue weighted by atomic mass is 127. The summed E-state index contributed by atoms with van der Waals surface area (Å²) < 4.78 is 28.6. The molecule has 0 radical (unpaired) electrons. The Bertz CT molecular complexity index is 622. The molecule has 0 aliphatic heterocycles. The molecule has 17 heavy (non-hydrogen) atoms. The molecule has 1 N–H and O–H groups in total. The van der Waals surface area contributed by atoms with Crippen LogP contribution in [-0.2, 0) is 10.0 Å². The zero-order valence-corrected chi connectivity index (χ0v) is 13.7. The minimum Gasteiger partial charge on any atom is -0.279 e. The van der Waals surface area contributed by atoms with Gasteiger partial charge in [-0.25, -0.2) is 8.42 Å². The predicted octanol–water partition coefficient (Wildman–Crippen LogP) is 3.92. The third-order valence-electron chi connectivity index (χ3n) is 1.91. The average molecular weight is 444 g/mol. The van der Waals surface area contributed by atoms with E-state index in [1.165, 1.54) is 11.3 Å². The number of rotatable bonds is 3. The fourth-order valence-corrected chi connectivity index (χ4v) is 4.59. The molecule has 0 saturated heterocycles. The Kier molecular flexibility index (Phi) is 4.11. The SMILES string of the molecule is O=S(=O)(Nc1ccc(I)cc1)c1ccc(Br)s1. The van der Waals surface area contributed by atoms with Crippen molar-refractivity contribution < 1.29 is 8.42 Å². The van der Waals surface area contributed by atoms with E-state index in [9.17, 15) is 8.42 Å². The van der Waals surface area contributed by atoms with Gasteiger partial charge in [0.15, 0.2) is 0 Å². The predicted molar refractivity (Wildman–Crippen MR) is 82.0 cm³/mol. The van der Waals surface area contributed by atoms with Crippen LogP contribution in [0, 0.1) is 3.57 Å². The van der Waals surface area contributed by atoms with Gasteiger partial charge in [-0.3, -0.25) is 4.72 Å². The molecule has 0 aliphatic rings. The van der Waals surface area contributed by atoms with Gasteiger partial charge in [0, 0.05) is 9.26 Å². The van der Waals surface area contributed by atoms with Crippen LogP contribution >= 0.6 is 49.9 Å². The number of sulfonamides is 1. The first-order valence-electron chi connectivity index (χ1n) is 4.51. The number of hydrogen-bond acceptors (Lipinski definition) is 3. The van der Waals surface area contributed by atoms with Crippen LogP contribution < -0.4 is 4.72 Å². The van der Waals surface area contributed by atoms with Crippen molar-refractivity contribution in [1.82, 2.24) is 0 Å². The lowest BCUT2D eigenvalue weighted by molar-refractivity contribution is 0.603. The van der Waals surface area contributed by atoms with Gasteiger partial charge >= 0.3 is 0 Å². The maximum absolute atomic E-state index is 12.0. The maximum Gasteiger partial charge on any atom is 0.271 e. The summed E-state index contributed by atoms with van der Waals surface area (Å²) in [6.45, 7) is 0. The van der Waals surface area contributed by atoms with Gasteiger partial charge in [-0.05, 0) is 74.9 Å². The van der Waals surface area contributed by atoms with Crippen molar-refractivity contribution in [2.75, 3.05) is 4.72 Å². The molecule has 0 aliphatic carbocycles. The standard InChI is InChI=1S/C10H7BrINO2S2/c11-9-5-6-10(16-9)17(14,15)13-8-3-1-7(12)2-4-8/h1-6,13H. The summed E-state index contributed by atoms with van der Waals surface area (Å²) in [5.41, 5.74) is 0.565. The fraction of sp³-hybridized carbons (Fsp3) is 0. The molecule has 0 amide bonds. The van der Waals surface area contributed by atoms with Crippen LogP contribution in [0.5, 0.6) is 0 Å². The quantitative estimate of drug-likeness (QED) is 0.731. The van der Waals surface area contributed by atoms with E-state index in [-0.39, 0.29) is 0 Å². The molecule has 2 aromatic rings. The molecule has 3 nitrogen and oxygen atoms in total. The number of benzene rings is 1. The lowest BCUT2D eigenvalue weighted by Gasteiger charge is -2.05. The van der Waals surface area contributed by atoms with E-state index in [0.29, 0.717) is 9.90 Å². The first-order chi connectivity index (χ1) is 7.97. The second kappa shape index (κ2) is 5.25. The number of anilines is 1. The lowest BCUT2D eigenvalue weighted by atomic mass is 10.3. The monoisotopic (exact) mass is 443 g/mol. The summed E-state index contributed by atoms with van der Waals surface area (Å²) >= 11 is 6.59. The molecule has 0 unspecified atom stereocenters. The van der Waals surface area contributed by atoms with Crippen molar-refractivity contribution in [3.63, 3.8) is 0 Å². The van der Waals surface area contributed by atoms with Crippen molar-refractivity contribution in [1.29, 1.82) is 0 Å². The lowest BCUT2D eigenvalue weighted by Crippen LogP contribution is -2.11. The first kappa shape index (κ1) is 13.3. The van der Waals surface area contributed by atoms with Crippen LogP contribution in [0.2, 0.25) is 0 Å². The molecule has 0 bridgehead atoms. The van der Waals surface area contributed by atoms with Gasteiger partial charge in [-0.2, -0.15) is 0 Å². The summed E-state index contributed by atoms with van der Waals surface area (Å²) in [6.07, 6.45) is 0. The van der Waals surface area contributed by atoms with E-state index in [2.05, 4.69) is 43.2 Å². The van der Waals surface area contributed by atoms with E-state index >= 15 is 0 Å². The van der Waals surface area contributed by atoms with Crippen molar-refractivity contribution in [3.8, 4) is 0 Å². The van der Waals surface area contributed by atoms with Crippen LogP contribution in [0.4, 0.5) is 5.69 Å². The third kappa shape index (κ3) is 3.43. The van der Waals surface area contributed by atoms with Gasteiger partial charge in [-0.15, -0.1) is 11.3 Å². The first-order valence-corrected chi connectivity index (χ1v) is 8.68. The summed E-state index contributed by atoms with van der Waals surface area (Å²) in [6, 6.07) is 10.5. The number of nitrogens with one attached hydrogen (secondary N) is 1. The highest BCUT2D eigenvalue weighted by Crippen LogP contribution is 2.27. The van der Waals surface area contributed by atoms with E-state index in [4.69, 9.17) is 0 Å². The highest BCUT2D eigenvalue weighted by molar-refractivity contribution is 14.1. The summed E-state index contributed by atoms with van der Waals surface area (Å²) in [4.78, 5) is 0. The third-order valence-corrected chi connectivity index (χ3v) is 6.13. The van der Waals surface area contributed by atoms with Gasteiger partial charge < -0.3 is 0 Å². The molecule has 1 heterocycles. The molecular weight excluding hydrogens is 437 g/mol. The molecule has 0 atom stereocenters. The van der Waals surface area contributed by atoms with Gasteiger partial charge in [0.25, 0.3) is 10.0 Å². The molecule has 2 rings (SSSR count). The Balaban J connectivity index is 2.26. The smallest absolute Gasteiger partial charge is 0.271 e.